The topological polar surface area (TPSA) is 61.5 Å². The van der Waals surface area contributed by atoms with E-state index in [4.69, 9.17) is 15.2 Å². The molecule has 0 amide bonds. The number of esters is 1. The van der Waals surface area contributed by atoms with Crippen molar-refractivity contribution in [2.75, 3.05) is 14.2 Å². The van der Waals surface area contributed by atoms with E-state index < -0.39 is 11.5 Å². The van der Waals surface area contributed by atoms with Gasteiger partial charge in [0.15, 0.2) is 0 Å². The maximum absolute atomic E-state index is 11.8. The van der Waals surface area contributed by atoms with Crippen molar-refractivity contribution >= 4 is 34.3 Å². The predicted octanol–water partition coefficient (Wildman–Crippen LogP) is 3.08. The average Bonchev–Trinajstić information content (AvgIpc) is 2.36. The third kappa shape index (κ3) is 3.84. The average molecular weight is 353 g/mol. The van der Waals surface area contributed by atoms with Gasteiger partial charge >= 0.3 is 5.97 Å². The standard InChI is InChI=1S/C13H18BrNO3.ClH/c1-13(2,12(16)18-4)11(15)9-7-8(14)5-6-10(9)17-3;/h5-7,11H,15H2,1-4H3;1H/t11-;/m0./s1. The van der Waals surface area contributed by atoms with Gasteiger partial charge in [-0.3, -0.25) is 4.79 Å². The molecule has 0 radical (unpaired) electrons. The maximum Gasteiger partial charge on any atom is 0.313 e. The second-order valence-corrected chi connectivity index (χ2v) is 5.49. The van der Waals surface area contributed by atoms with Gasteiger partial charge in [0.1, 0.15) is 5.75 Å². The monoisotopic (exact) mass is 351 g/mol. The Balaban J connectivity index is 0.00000324. The molecule has 0 saturated heterocycles. The second-order valence-electron chi connectivity index (χ2n) is 4.58. The van der Waals surface area contributed by atoms with Crippen LogP contribution in [0.5, 0.6) is 5.75 Å². The van der Waals surface area contributed by atoms with Crippen LogP contribution in [0.2, 0.25) is 0 Å². The van der Waals surface area contributed by atoms with Gasteiger partial charge in [0.2, 0.25) is 0 Å². The number of ether oxygens (including phenoxy) is 2. The van der Waals surface area contributed by atoms with Crippen molar-refractivity contribution < 1.29 is 14.3 Å². The number of rotatable bonds is 4. The first-order chi connectivity index (χ1) is 8.34. The number of hydrogen-bond donors (Lipinski definition) is 1. The molecule has 0 aliphatic carbocycles. The first-order valence-corrected chi connectivity index (χ1v) is 6.31. The van der Waals surface area contributed by atoms with E-state index in [2.05, 4.69) is 15.9 Å². The summed E-state index contributed by atoms with van der Waals surface area (Å²) in [6.07, 6.45) is 0. The van der Waals surface area contributed by atoms with Gasteiger partial charge in [0.25, 0.3) is 0 Å². The van der Waals surface area contributed by atoms with Gasteiger partial charge in [-0.2, -0.15) is 0 Å². The Hall–Kier alpha value is -0.780. The van der Waals surface area contributed by atoms with Crippen LogP contribution in [0, 0.1) is 5.41 Å². The Morgan fingerprint density at radius 1 is 1.37 bits per heavy atom. The number of nitrogens with two attached hydrogens (primary N) is 1. The first kappa shape index (κ1) is 18.2. The van der Waals surface area contributed by atoms with Crippen molar-refractivity contribution in [2.45, 2.75) is 19.9 Å². The highest BCUT2D eigenvalue weighted by Gasteiger charge is 2.38. The summed E-state index contributed by atoms with van der Waals surface area (Å²) in [5.41, 5.74) is 6.13. The van der Waals surface area contributed by atoms with E-state index in [0.717, 1.165) is 10.0 Å². The van der Waals surface area contributed by atoms with Crippen LogP contribution in [0.1, 0.15) is 25.5 Å². The molecule has 4 nitrogen and oxygen atoms in total. The Bertz CT molecular complexity index is 452. The fourth-order valence-electron chi connectivity index (χ4n) is 1.73. The molecule has 1 atom stereocenters. The maximum atomic E-state index is 11.8. The van der Waals surface area contributed by atoms with Gasteiger partial charge < -0.3 is 15.2 Å². The van der Waals surface area contributed by atoms with Gasteiger partial charge in [0, 0.05) is 16.1 Å². The summed E-state index contributed by atoms with van der Waals surface area (Å²) in [5.74, 6) is 0.305. The van der Waals surface area contributed by atoms with Crippen LogP contribution in [0.15, 0.2) is 22.7 Å². The lowest BCUT2D eigenvalue weighted by Gasteiger charge is -2.30. The van der Waals surface area contributed by atoms with E-state index in [1.54, 1.807) is 21.0 Å². The van der Waals surface area contributed by atoms with Gasteiger partial charge in [-0.1, -0.05) is 15.9 Å². The summed E-state index contributed by atoms with van der Waals surface area (Å²) in [6, 6.07) is 5.01. The third-order valence-electron chi connectivity index (χ3n) is 3.02. The van der Waals surface area contributed by atoms with Gasteiger partial charge in [-0.15, -0.1) is 12.4 Å². The van der Waals surface area contributed by atoms with Crippen LogP contribution in [-0.4, -0.2) is 20.2 Å². The zero-order valence-electron chi connectivity index (χ0n) is 11.4. The number of benzene rings is 1. The molecule has 19 heavy (non-hydrogen) atoms. The minimum Gasteiger partial charge on any atom is -0.496 e. The van der Waals surface area contributed by atoms with E-state index >= 15 is 0 Å². The van der Waals surface area contributed by atoms with Crippen molar-refractivity contribution in [3.8, 4) is 5.75 Å². The normalized spacial score (nSPS) is 12.3. The zero-order valence-corrected chi connectivity index (χ0v) is 13.8. The summed E-state index contributed by atoms with van der Waals surface area (Å²) >= 11 is 3.39. The van der Waals surface area contributed by atoms with Gasteiger partial charge in [0.05, 0.1) is 19.6 Å². The molecule has 1 rings (SSSR count). The van der Waals surface area contributed by atoms with Crippen molar-refractivity contribution in [1.29, 1.82) is 0 Å². The molecule has 0 unspecified atom stereocenters. The van der Waals surface area contributed by atoms with Crippen molar-refractivity contribution in [3.63, 3.8) is 0 Å². The largest absolute Gasteiger partial charge is 0.496 e. The number of hydrogen-bond acceptors (Lipinski definition) is 4. The van der Waals surface area contributed by atoms with Gasteiger partial charge in [-0.25, -0.2) is 0 Å². The smallest absolute Gasteiger partial charge is 0.313 e. The van der Waals surface area contributed by atoms with E-state index in [9.17, 15) is 4.79 Å². The highest BCUT2D eigenvalue weighted by Crippen LogP contribution is 2.38. The molecule has 2 N–H and O–H groups in total. The van der Waals surface area contributed by atoms with Crippen LogP contribution in [0.25, 0.3) is 0 Å². The molecule has 6 heteroatoms. The van der Waals surface area contributed by atoms with Gasteiger partial charge in [-0.05, 0) is 32.0 Å². The molecule has 0 fully saturated rings. The quantitative estimate of drug-likeness (QED) is 0.846. The predicted molar refractivity (Wildman–Crippen MR) is 80.7 cm³/mol. The van der Waals surface area contributed by atoms with E-state index in [1.165, 1.54) is 7.11 Å². The summed E-state index contributed by atoms with van der Waals surface area (Å²) in [4.78, 5) is 11.8. The highest BCUT2D eigenvalue weighted by molar-refractivity contribution is 9.10. The molecule has 0 spiro atoms. The van der Waals surface area contributed by atoms with E-state index in [1.807, 2.05) is 18.2 Å². The highest BCUT2D eigenvalue weighted by atomic mass is 79.9. The number of methoxy groups -OCH3 is 2. The minimum absolute atomic E-state index is 0. The van der Waals surface area contributed by atoms with Crippen molar-refractivity contribution in [3.05, 3.63) is 28.2 Å². The minimum atomic E-state index is -0.831. The summed E-state index contributed by atoms with van der Waals surface area (Å²) in [6.45, 7) is 3.51. The lowest BCUT2D eigenvalue weighted by molar-refractivity contribution is -0.152. The molecular formula is C13H19BrClNO3. The summed E-state index contributed by atoms with van der Waals surface area (Å²) < 4.78 is 11.0. The molecule has 0 saturated carbocycles. The van der Waals surface area contributed by atoms with Crippen molar-refractivity contribution in [2.24, 2.45) is 11.1 Å². The molecule has 0 aromatic heterocycles. The van der Waals surface area contributed by atoms with E-state index in [0.29, 0.717) is 5.75 Å². The Morgan fingerprint density at radius 3 is 2.42 bits per heavy atom. The number of carbonyl (C=O) groups is 1. The molecular weight excluding hydrogens is 334 g/mol. The molecule has 1 aromatic carbocycles. The molecule has 1 aromatic rings. The molecule has 108 valence electrons. The van der Waals surface area contributed by atoms with Crippen LogP contribution in [0.3, 0.4) is 0 Å². The molecule has 0 heterocycles. The van der Waals surface area contributed by atoms with Crippen LogP contribution < -0.4 is 10.5 Å². The van der Waals surface area contributed by atoms with Crippen molar-refractivity contribution in [1.82, 2.24) is 0 Å². The Morgan fingerprint density at radius 2 is 1.95 bits per heavy atom. The second kappa shape index (κ2) is 7.12. The number of halogens is 2. The Labute approximate surface area is 128 Å². The Kier molecular flexibility index (Phi) is 6.83. The first-order valence-electron chi connectivity index (χ1n) is 5.52. The van der Waals surface area contributed by atoms with Crippen LogP contribution in [0.4, 0.5) is 0 Å². The SMILES string of the molecule is COC(=O)C(C)(C)[C@@H](N)c1cc(Br)ccc1OC.Cl. The lowest BCUT2D eigenvalue weighted by atomic mass is 9.80. The van der Waals surface area contributed by atoms with E-state index in [-0.39, 0.29) is 18.4 Å². The molecule has 0 aliphatic rings. The molecule has 0 bridgehead atoms. The molecule has 0 aliphatic heterocycles. The van der Waals surface area contributed by atoms with Crippen LogP contribution in [-0.2, 0) is 9.53 Å². The zero-order chi connectivity index (χ0) is 13.9. The lowest BCUT2D eigenvalue weighted by Crippen LogP contribution is -2.37. The number of carbonyl (C=O) groups excluding carboxylic acids is 1. The summed E-state index contributed by atoms with van der Waals surface area (Å²) in [7, 11) is 2.93. The fraction of sp³-hybridized carbons (Fsp3) is 0.462. The third-order valence-corrected chi connectivity index (χ3v) is 3.51. The fourth-order valence-corrected chi connectivity index (χ4v) is 2.11. The van der Waals surface area contributed by atoms with Crippen LogP contribution >= 0.6 is 28.3 Å². The summed E-state index contributed by atoms with van der Waals surface area (Å²) in [5, 5.41) is 0.